The van der Waals surface area contributed by atoms with Gasteiger partial charge in [0, 0.05) is 37.8 Å². The molecule has 0 spiro atoms. The molecule has 4 heteroatoms. The largest absolute Gasteiger partial charge is 0.396 e. The number of aliphatic hydroxyl groups is 1. The summed E-state index contributed by atoms with van der Waals surface area (Å²) < 4.78 is 5.81. The Morgan fingerprint density at radius 1 is 1.50 bits per heavy atom. The summed E-state index contributed by atoms with van der Waals surface area (Å²) in [4.78, 5) is 2.46. The van der Waals surface area contributed by atoms with Gasteiger partial charge in [-0.25, -0.2) is 0 Å². The molecule has 0 aromatic heterocycles. The van der Waals surface area contributed by atoms with E-state index < -0.39 is 0 Å². The predicted octanol–water partition coefficient (Wildman–Crippen LogP) is 1.24. The minimum atomic E-state index is 0.0260. The molecule has 2 atom stereocenters. The third-order valence-electron chi connectivity index (χ3n) is 4.10. The summed E-state index contributed by atoms with van der Waals surface area (Å²) >= 11 is 0. The molecule has 2 unspecified atom stereocenters. The third-order valence-corrected chi connectivity index (χ3v) is 4.10. The Labute approximate surface area is 112 Å². The number of ether oxygens (including phenoxy) is 1. The van der Waals surface area contributed by atoms with E-state index in [1.165, 1.54) is 0 Å². The van der Waals surface area contributed by atoms with Crippen molar-refractivity contribution in [1.82, 2.24) is 10.2 Å². The van der Waals surface area contributed by atoms with Crippen molar-refractivity contribution in [1.29, 1.82) is 0 Å². The number of hydrogen-bond acceptors (Lipinski definition) is 4. The van der Waals surface area contributed by atoms with Gasteiger partial charge in [-0.15, -0.1) is 0 Å². The summed E-state index contributed by atoms with van der Waals surface area (Å²) in [5.74, 6) is 0. The van der Waals surface area contributed by atoms with Gasteiger partial charge in [0.05, 0.1) is 12.7 Å². The van der Waals surface area contributed by atoms with Gasteiger partial charge in [0.15, 0.2) is 0 Å². The Kier molecular flexibility index (Phi) is 6.57. The quantitative estimate of drug-likeness (QED) is 0.721. The van der Waals surface area contributed by atoms with Crippen molar-refractivity contribution in [2.24, 2.45) is 0 Å². The van der Waals surface area contributed by atoms with Crippen molar-refractivity contribution >= 4 is 0 Å². The van der Waals surface area contributed by atoms with Crippen LogP contribution in [0.4, 0.5) is 0 Å². The summed E-state index contributed by atoms with van der Waals surface area (Å²) in [6, 6.07) is 0.589. The van der Waals surface area contributed by atoms with Crippen LogP contribution in [0.2, 0.25) is 0 Å². The van der Waals surface area contributed by atoms with Crippen molar-refractivity contribution in [2.75, 3.05) is 32.8 Å². The molecule has 1 heterocycles. The molecule has 108 valence electrons. The molecular formula is C14H30N2O2. The smallest absolute Gasteiger partial charge is 0.0827 e. The van der Waals surface area contributed by atoms with Gasteiger partial charge in [-0.05, 0) is 33.6 Å². The predicted molar refractivity (Wildman–Crippen MR) is 74.9 cm³/mol. The fourth-order valence-electron chi connectivity index (χ4n) is 2.33. The van der Waals surface area contributed by atoms with Gasteiger partial charge >= 0.3 is 0 Å². The Morgan fingerprint density at radius 2 is 2.22 bits per heavy atom. The lowest BCUT2D eigenvalue weighted by Crippen LogP contribution is -2.53. The van der Waals surface area contributed by atoms with Gasteiger partial charge in [-0.3, -0.25) is 4.90 Å². The number of nitrogens with zero attached hydrogens (tertiary/aromatic N) is 1. The SMILES string of the molecule is CCC(C)(CCO)NCC1CN(C(C)C)CCO1. The van der Waals surface area contributed by atoms with E-state index in [4.69, 9.17) is 9.84 Å². The lowest BCUT2D eigenvalue weighted by atomic mass is 9.94. The number of nitrogens with one attached hydrogen (secondary N) is 1. The fraction of sp³-hybridized carbons (Fsp3) is 1.00. The summed E-state index contributed by atoms with van der Waals surface area (Å²) in [5.41, 5.74) is 0.0260. The van der Waals surface area contributed by atoms with Gasteiger partial charge in [-0.2, -0.15) is 0 Å². The average molecular weight is 258 g/mol. The van der Waals surface area contributed by atoms with Crippen molar-refractivity contribution in [2.45, 2.75) is 58.2 Å². The fourth-order valence-corrected chi connectivity index (χ4v) is 2.33. The second-order valence-electron chi connectivity index (χ2n) is 5.85. The highest BCUT2D eigenvalue weighted by atomic mass is 16.5. The van der Waals surface area contributed by atoms with Crippen LogP contribution < -0.4 is 5.32 Å². The Balaban J connectivity index is 2.38. The number of aliphatic hydroxyl groups excluding tert-OH is 1. The maximum absolute atomic E-state index is 9.11. The van der Waals surface area contributed by atoms with E-state index in [9.17, 15) is 0 Å². The number of morpholine rings is 1. The van der Waals surface area contributed by atoms with Gasteiger partial charge in [0.25, 0.3) is 0 Å². The summed E-state index contributed by atoms with van der Waals surface area (Å²) in [6.45, 7) is 12.8. The second kappa shape index (κ2) is 7.43. The Bertz CT molecular complexity index is 236. The van der Waals surface area contributed by atoms with Crippen LogP contribution in [0.15, 0.2) is 0 Å². The molecule has 2 N–H and O–H groups in total. The van der Waals surface area contributed by atoms with Crippen molar-refractivity contribution in [3.8, 4) is 0 Å². The van der Waals surface area contributed by atoms with Gasteiger partial charge in [0.1, 0.15) is 0 Å². The van der Waals surface area contributed by atoms with E-state index in [2.05, 4.69) is 37.9 Å². The molecule has 4 nitrogen and oxygen atoms in total. The minimum absolute atomic E-state index is 0.0260. The molecule has 1 fully saturated rings. The number of hydrogen-bond donors (Lipinski definition) is 2. The topological polar surface area (TPSA) is 44.7 Å². The minimum Gasteiger partial charge on any atom is -0.396 e. The summed E-state index contributed by atoms with van der Waals surface area (Å²) in [7, 11) is 0. The molecule has 0 aliphatic carbocycles. The molecule has 18 heavy (non-hydrogen) atoms. The molecule has 1 rings (SSSR count). The van der Waals surface area contributed by atoms with E-state index in [0.717, 1.165) is 39.1 Å². The Morgan fingerprint density at radius 3 is 2.78 bits per heavy atom. The lowest BCUT2D eigenvalue weighted by Gasteiger charge is -2.38. The monoisotopic (exact) mass is 258 g/mol. The van der Waals surface area contributed by atoms with Crippen LogP contribution in [0.3, 0.4) is 0 Å². The highest BCUT2D eigenvalue weighted by Crippen LogP contribution is 2.15. The molecule has 0 amide bonds. The zero-order chi connectivity index (χ0) is 13.6. The molecule has 0 radical (unpaired) electrons. The zero-order valence-corrected chi connectivity index (χ0v) is 12.4. The van der Waals surface area contributed by atoms with E-state index in [0.29, 0.717) is 6.04 Å². The van der Waals surface area contributed by atoms with Gasteiger partial charge in [0.2, 0.25) is 0 Å². The maximum Gasteiger partial charge on any atom is 0.0827 e. The average Bonchev–Trinajstić information content (AvgIpc) is 2.37. The lowest BCUT2D eigenvalue weighted by molar-refractivity contribution is -0.0404. The molecule has 0 aromatic carbocycles. The van der Waals surface area contributed by atoms with Crippen LogP contribution in [0.1, 0.15) is 40.5 Å². The first-order valence-electron chi connectivity index (χ1n) is 7.22. The highest BCUT2D eigenvalue weighted by Gasteiger charge is 2.26. The molecule has 1 aliphatic rings. The van der Waals surface area contributed by atoms with Crippen LogP contribution in [-0.2, 0) is 4.74 Å². The van der Waals surface area contributed by atoms with E-state index in [1.807, 2.05) is 0 Å². The maximum atomic E-state index is 9.11. The first-order valence-corrected chi connectivity index (χ1v) is 7.22. The van der Waals surface area contributed by atoms with E-state index in [1.54, 1.807) is 0 Å². The second-order valence-corrected chi connectivity index (χ2v) is 5.85. The summed E-state index contributed by atoms with van der Waals surface area (Å²) in [6.07, 6.45) is 2.09. The van der Waals surface area contributed by atoms with Crippen LogP contribution in [-0.4, -0.2) is 60.5 Å². The van der Waals surface area contributed by atoms with Crippen molar-refractivity contribution < 1.29 is 9.84 Å². The molecule has 0 aromatic rings. The first-order chi connectivity index (χ1) is 8.50. The normalized spacial score (nSPS) is 25.3. The van der Waals surface area contributed by atoms with Crippen LogP contribution in [0.5, 0.6) is 0 Å². The van der Waals surface area contributed by atoms with Gasteiger partial charge in [-0.1, -0.05) is 6.92 Å². The highest BCUT2D eigenvalue weighted by molar-refractivity contribution is 4.84. The zero-order valence-electron chi connectivity index (χ0n) is 12.4. The molecule has 1 saturated heterocycles. The third kappa shape index (κ3) is 4.84. The standard InChI is InChI=1S/C14H30N2O2/c1-5-14(4,6-8-17)15-10-13-11-16(12(2)3)7-9-18-13/h12-13,15,17H,5-11H2,1-4H3. The number of rotatable bonds is 7. The van der Waals surface area contributed by atoms with Crippen molar-refractivity contribution in [3.63, 3.8) is 0 Å². The first kappa shape index (κ1) is 15.9. The van der Waals surface area contributed by atoms with E-state index >= 15 is 0 Å². The van der Waals surface area contributed by atoms with Gasteiger partial charge < -0.3 is 15.2 Å². The molecular weight excluding hydrogens is 228 g/mol. The van der Waals surface area contributed by atoms with Crippen LogP contribution in [0, 0.1) is 0 Å². The van der Waals surface area contributed by atoms with Crippen LogP contribution >= 0.6 is 0 Å². The summed E-state index contributed by atoms with van der Waals surface area (Å²) in [5, 5.41) is 12.7. The van der Waals surface area contributed by atoms with Crippen molar-refractivity contribution in [3.05, 3.63) is 0 Å². The molecule has 0 saturated carbocycles. The van der Waals surface area contributed by atoms with E-state index in [-0.39, 0.29) is 18.2 Å². The Hall–Kier alpha value is -0.160. The van der Waals surface area contributed by atoms with Crippen LogP contribution in [0.25, 0.3) is 0 Å². The molecule has 0 bridgehead atoms. The molecule has 1 aliphatic heterocycles.